The maximum Gasteiger partial charge on any atom is 0.387 e. The summed E-state index contributed by atoms with van der Waals surface area (Å²) >= 11 is 0. The van der Waals surface area contributed by atoms with Crippen molar-refractivity contribution in [3.8, 4) is 11.5 Å². The second-order valence-corrected chi connectivity index (χ2v) is 6.10. The van der Waals surface area contributed by atoms with Gasteiger partial charge >= 0.3 is 12.6 Å². The Morgan fingerprint density at radius 1 is 1.07 bits per heavy atom. The molecule has 0 aliphatic rings. The number of aliphatic carboxylic acids is 1. The molecule has 0 aliphatic heterocycles. The maximum atomic E-state index is 12.5. The van der Waals surface area contributed by atoms with Crippen LogP contribution in [0.3, 0.4) is 0 Å². The van der Waals surface area contributed by atoms with E-state index < -0.39 is 18.3 Å². The normalized spacial score (nSPS) is 10.7. The predicted molar refractivity (Wildman–Crippen MR) is 100 cm³/mol. The van der Waals surface area contributed by atoms with Gasteiger partial charge in [0.25, 0.3) is 0 Å². The second kappa shape index (κ2) is 8.96. The summed E-state index contributed by atoms with van der Waals surface area (Å²) in [5.74, 6) is -1.75. The minimum absolute atomic E-state index is 0.150. The molecular weight excluding hydrogens is 384 g/mol. The van der Waals surface area contributed by atoms with Gasteiger partial charge in [-0.25, -0.2) is 9.97 Å². The lowest BCUT2D eigenvalue weighted by molar-refractivity contribution is -0.136. The first-order valence-electron chi connectivity index (χ1n) is 8.52. The van der Waals surface area contributed by atoms with Crippen LogP contribution >= 0.6 is 0 Å². The number of aromatic hydroxyl groups is 1. The summed E-state index contributed by atoms with van der Waals surface area (Å²) in [6.07, 6.45) is 4.48. The molecule has 150 valence electrons. The Morgan fingerprint density at radius 2 is 1.79 bits per heavy atom. The lowest BCUT2D eigenvalue weighted by Gasteiger charge is -2.26. The molecule has 0 spiro atoms. The van der Waals surface area contributed by atoms with E-state index in [0.29, 0.717) is 23.5 Å². The second-order valence-electron chi connectivity index (χ2n) is 6.10. The lowest BCUT2D eigenvalue weighted by Crippen LogP contribution is -2.17. The number of nitrogens with zero attached hydrogens (tertiary/aromatic N) is 3. The third-order valence-corrected chi connectivity index (χ3v) is 4.00. The van der Waals surface area contributed by atoms with E-state index in [9.17, 15) is 18.7 Å². The summed E-state index contributed by atoms with van der Waals surface area (Å²) in [5.41, 5.74) is 2.48. The highest BCUT2D eigenvalue weighted by Gasteiger charge is 2.16. The molecule has 7 nitrogen and oxygen atoms in total. The number of aromatic nitrogens is 2. The zero-order valence-corrected chi connectivity index (χ0v) is 15.1. The van der Waals surface area contributed by atoms with Crippen LogP contribution < -0.4 is 9.64 Å². The molecule has 0 aliphatic carbocycles. The fourth-order valence-corrected chi connectivity index (χ4v) is 2.80. The number of hydrogen-bond acceptors (Lipinski definition) is 6. The quantitative estimate of drug-likeness (QED) is 0.593. The first kappa shape index (κ1) is 20.0. The summed E-state index contributed by atoms with van der Waals surface area (Å²) in [6.45, 7) is -2.76. The van der Waals surface area contributed by atoms with Crippen LogP contribution in [0.4, 0.5) is 20.2 Å². The van der Waals surface area contributed by atoms with Crippen molar-refractivity contribution in [2.45, 2.75) is 19.6 Å². The summed E-state index contributed by atoms with van der Waals surface area (Å²) in [4.78, 5) is 20.8. The molecule has 0 unspecified atom stereocenters. The topological polar surface area (TPSA) is 95.8 Å². The summed E-state index contributed by atoms with van der Waals surface area (Å²) < 4.78 is 29.2. The highest BCUT2D eigenvalue weighted by Crippen LogP contribution is 2.35. The Balaban J connectivity index is 2.00. The van der Waals surface area contributed by atoms with Crippen LogP contribution in [0, 0.1) is 0 Å². The first-order chi connectivity index (χ1) is 13.9. The first-order valence-corrected chi connectivity index (χ1v) is 8.52. The molecule has 1 aromatic heterocycles. The zero-order chi connectivity index (χ0) is 20.8. The fourth-order valence-electron chi connectivity index (χ4n) is 2.80. The number of anilines is 2. The molecule has 29 heavy (non-hydrogen) atoms. The molecule has 1 heterocycles. The highest BCUT2D eigenvalue weighted by atomic mass is 19.3. The van der Waals surface area contributed by atoms with Gasteiger partial charge in [-0.2, -0.15) is 8.78 Å². The van der Waals surface area contributed by atoms with Gasteiger partial charge in [0, 0.05) is 35.4 Å². The Morgan fingerprint density at radius 3 is 2.45 bits per heavy atom. The van der Waals surface area contributed by atoms with E-state index in [1.54, 1.807) is 41.6 Å². The van der Waals surface area contributed by atoms with E-state index in [1.807, 2.05) is 0 Å². The molecule has 0 fully saturated rings. The number of carboxylic acids is 1. The maximum absolute atomic E-state index is 12.5. The molecule has 0 radical (unpaired) electrons. The predicted octanol–water partition coefficient (Wildman–Crippen LogP) is 3.75. The molecule has 2 aromatic carbocycles. The van der Waals surface area contributed by atoms with Gasteiger partial charge in [0.1, 0.15) is 6.33 Å². The molecule has 9 heteroatoms. The minimum atomic E-state index is -3.06. The number of halogens is 2. The Kier molecular flexibility index (Phi) is 6.18. The fraction of sp³-hybridized carbons (Fsp3) is 0.150. The van der Waals surface area contributed by atoms with Gasteiger partial charge in [-0.1, -0.05) is 12.1 Å². The zero-order valence-electron chi connectivity index (χ0n) is 15.1. The molecule has 3 rings (SSSR count). The van der Waals surface area contributed by atoms with E-state index in [0.717, 1.165) is 5.56 Å². The summed E-state index contributed by atoms with van der Waals surface area (Å²) in [5, 5.41) is 19.1. The van der Waals surface area contributed by atoms with Crippen LogP contribution in [0.1, 0.15) is 11.1 Å². The molecular formula is C20H17F2N3O4. The average Bonchev–Trinajstić information content (AvgIpc) is 2.68. The average molecular weight is 401 g/mol. The van der Waals surface area contributed by atoms with Crippen molar-refractivity contribution in [3.63, 3.8) is 0 Å². The van der Waals surface area contributed by atoms with Gasteiger partial charge in [-0.3, -0.25) is 4.79 Å². The van der Waals surface area contributed by atoms with Crippen molar-refractivity contribution in [3.05, 3.63) is 72.3 Å². The summed E-state index contributed by atoms with van der Waals surface area (Å²) in [6, 6.07) is 11.0. The van der Waals surface area contributed by atoms with E-state index in [-0.39, 0.29) is 12.2 Å². The largest absolute Gasteiger partial charge is 0.504 e. The van der Waals surface area contributed by atoms with Gasteiger partial charge in [-0.15, -0.1) is 0 Å². The Labute approximate surface area is 164 Å². The monoisotopic (exact) mass is 401 g/mol. The van der Waals surface area contributed by atoms with E-state index in [2.05, 4.69) is 14.7 Å². The van der Waals surface area contributed by atoms with Gasteiger partial charge < -0.3 is 19.8 Å². The van der Waals surface area contributed by atoms with Crippen molar-refractivity contribution in [2.75, 3.05) is 4.90 Å². The Hall–Kier alpha value is -3.75. The van der Waals surface area contributed by atoms with Gasteiger partial charge in [0.2, 0.25) is 0 Å². The molecule has 3 aromatic rings. The number of phenols is 1. The molecule has 2 N–H and O–H groups in total. The standard InChI is InChI=1S/C20H17F2N3O4/c21-20(22)29-18-5-4-16(8-17(18)26)25(11-14-9-23-12-24-10-14)15-3-1-2-13(6-15)7-19(27)28/h1-6,8-10,12,20,26H,7,11H2,(H,27,28). The lowest BCUT2D eigenvalue weighted by atomic mass is 10.1. The van der Waals surface area contributed by atoms with Crippen LogP contribution in [0.15, 0.2) is 61.2 Å². The number of rotatable bonds is 8. The number of carbonyl (C=O) groups is 1. The van der Waals surface area contributed by atoms with Crippen LogP contribution in [0.25, 0.3) is 0 Å². The van der Waals surface area contributed by atoms with Gasteiger partial charge in [0.05, 0.1) is 13.0 Å². The van der Waals surface area contributed by atoms with Gasteiger partial charge in [-0.05, 0) is 29.8 Å². The minimum Gasteiger partial charge on any atom is -0.504 e. The Bertz CT molecular complexity index is 986. The number of phenolic OH excluding ortho intramolecular Hbond substituents is 1. The summed E-state index contributed by atoms with van der Waals surface area (Å²) in [7, 11) is 0. The smallest absolute Gasteiger partial charge is 0.387 e. The molecule has 0 saturated carbocycles. The highest BCUT2D eigenvalue weighted by molar-refractivity contribution is 5.72. The number of carboxylic acid groups (broad SMARTS) is 1. The molecule has 0 amide bonds. The van der Waals surface area contributed by atoms with Crippen LogP contribution in [0.2, 0.25) is 0 Å². The third-order valence-electron chi connectivity index (χ3n) is 4.00. The van der Waals surface area contributed by atoms with Gasteiger partial charge in [0.15, 0.2) is 11.5 Å². The number of alkyl halides is 2. The van der Waals surface area contributed by atoms with Crippen molar-refractivity contribution < 1.29 is 28.5 Å². The number of ether oxygens (including phenoxy) is 1. The molecule has 0 saturated heterocycles. The van der Waals surface area contributed by atoms with Crippen LogP contribution in [-0.4, -0.2) is 32.8 Å². The molecule has 0 bridgehead atoms. The van der Waals surface area contributed by atoms with Crippen molar-refractivity contribution in [1.29, 1.82) is 0 Å². The van der Waals surface area contributed by atoms with Crippen LogP contribution in [0.5, 0.6) is 11.5 Å². The van der Waals surface area contributed by atoms with E-state index in [1.165, 1.54) is 24.5 Å². The van der Waals surface area contributed by atoms with Crippen LogP contribution in [-0.2, 0) is 17.8 Å². The number of hydrogen-bond donors (Lipinski definition) is 2. The third kappa shape index (κ3) is 5.38. The van der Waals surface area contributed by atoms with E-state index in [4.69, 9.17) is 5.11 Å². The van der Waals surface area contributed by atoms with Crippen molar-refractivity contribution in [1.82, 2.24) is 9.97 Å². The number of benzene rings is 2. The van der Waals surface area contributed by atoms with Crippen molar-refractivity contribution >= 4 is 17.3 Å². The van der Waals surface area contributed by atoms with Crippen molar-refractivity contribution in [2.24, 2.45) is 0 Å². The van der Waals surface area contributed by atoms with E-state index >= 15 is 0 Å². The SMILES string of the molecule is O=C(O)Cc1cccc(N(Cc2cncnc2)c2ccc(OC(F)F)c(O)c2)c1. The molecule has 0 atom stereocenters.